The lowest BCUT2D eigenvalue weighted by atomic mass is 10.1. The number of ether oxygens (including phenoxy) is 1. The molecule has 1 unspecified atom stereocenters. The lowest BCUT2D eigenvalue weighted by Crippen LogP contribution is -2.26. The van der Waals surface area contributed by atoms with Crippen LogP contribution in [0.4, 0.5) is 5.69 Å². The minimum atomic E-state index is 0.225. The molecule has 1 rings (SSSR count). The summed E-state index contributed by atoms with van der Waals surface area (Å²) < 4.78 is 6.07. The molecular weight excluding hydrogens is 294 g/mol. The lowest BCUT2D eigenvalue weighted by molar-refractivity contribution is 0.182. The number of rotatable bonds is 7. The van der Waals surface area contributed by atoms with Gasteiger partial charge in [-0.2, -0.15) is 5.26 Å². The highest BCUT2D eigenvalue weighted by Gasteiger charge is 2.10. The van der Waals surface area contributed by atoms with Gasteiger partial charge in [0.05, 0.1) is 18.2 Å². The van der Waals surface area contributed by atoms with Crippen molar-refractivity contribution in [2.75, 3.05) is 25.6 Å². The van der Waals surface area contributed by atoms with Crippen molar-refractivity contribution in [2.45, 2.75) is 18.9 Å². The maximum Gasteiger partial charge on any atom is 0.0992 e. The van der Waals surface area contributed by atoms with Crippen molar-refractivity contribution in [3.05, 3.63) is 28.2 Å². The molecule has 0 saturated heterocycles. The number of halogens is 1. The van der Waals surface area contributed by atoms with Gasteiger partial charge in [-0.25, -0.2) is 0 Å². The standard InChI is InChI=1S/C13H18BrN3O/c1-18-9-11(3-2-6-15)17-13-5-4-10(8-16)7-12(13)14/h4-5,7,11,17H,2-3,6,9,15H2,1H3. The van der Waals surface area contributed by atoms with E-state index in [1.54, 1.807) is 19.2 Å². The van der Waals surface area contributed by atoms with Crippen LogP contribution in [0.2, 0.25) is 0 Å². The number of nitrogens with two attached hydrogens (primary N) is 1. The van der Waals surface area contributed by atoms with E-state index < -0.39 is 0 Å². The van der Waals surface area contributed by atoms with Crippen LogP contribution in [0.25, 0.3) is 0 Å². The van der Waals surface area contributed by atoms with E-state index in [9.17, 15) is 0 Å². The van der Waals surface area contributed by atoms with Gasteiger partial charge in [0.1, 0.15) is 0 Å². The predicted octanol–water partition coefficient (Wildman–Crippen LogP) is 2.49. The second-order valence-electron chi connectivity index (χ2n) is 4.03. The maximum absolute atomic E-state index is 8.81. The van der Waals surface area contributed by atoms with E-state index in [0.717, 1.165) is 23.0 Å². The van der Waals surface area contributed by atoms with Crippen LogP contribution in [0.3, 0.4) is 0 Å². The number of nitriles is 1. The van der Waals surface area contributed by atoms with E-state index in [-0.39, 0.29) is 6.04 Å². The molecule has 5 heteroatoms. The van der Waals surface area contributed by atoms with Crippen molar-refractivity contribution in [1.29, 1.82) is 5.26 Å². The Hall–Kier alpha value is -1.09. The summed E-state index contributed by atoms with van der Waals surface area (Å²) in [6.07, 6.45) is 1.91. The number of benzene rings is 1. The first kappa shape index (κ1) is 15.0. The lowest BCUT2D eigenvalue weighted by Gasteiger charge is -2.19. The zero-order valence-corrected chi connectivity index (χ0v) is 12.0. The smallest absolute Gasteiger partial charge is 0.0992 e. The van der Waals surface area contributed by atoms with Crippen LogP contribution in [0.5, 0.6) is 0 Å². The van der Waals surface area contributed by atoms with Gasteiger partial charge in [-0.3, -0.25) is 0 Å². The van der Waals surface area contributed by atoms with Crippen LogP contribution in [-0.4, -0.2) is 26.3 Å². The molecule has 0 amide bonds. The van der Waals surface area contributed by atoms with Gasteiger partial charge < -0.3 is 15.8 Å². The third-order valence-corrected chi connectivity index (χ3v) is 3.24. The number of hydrogen-bond acceptors (Lipinski definition) is 4. The second kappa shape index (κ2) is 8.09. The molecule has 18 heavy (non-hydrogen) atoms. The molecule has 0 spiro atoms. The van der Waals surface area contributed by atoms with Crippen LogP contribution in [0.1, 0.15) is 18.4 Å². The van der Waals surface area contributed by atoms with E-state index in [0.29, 0.717) is 18.7 Å². The summed E-state index contributed by atoms with van der Waals surface area (Å²) in [5.74, 6) is 0. The molecule has 0 aromatic heterocycles. The van der Waals surface area contributed by atoms with Crippen molar-refractivity contribution in [3.63, 3.8) is 0 Å². The molecule has 0 bridgehead atoms. The van der Waals surface area contributed by atoms with Gasteiger partial charge in [0, 0.05) is 23.3 Å². The molecule has 0 heterocycles. The van der Waals surface area contributed by atoms with Gasteiger partial charge in [-0.05, 0) is 53.5 Å². The fraction of sp³-hybridized carbons (Fsp3) is 0.462. The minimum Gasteiger partial charge on any atom is -0.383 e. The van der Waals surface area contributed by atoms with Crippen molar-refractivity contribution in [3.8, 4) is 6.07 Å². The third-order valence-electron chi connectivity index (χ3n) is 2.58. The Morgan fingerprint density at radius 3 is 2.89 bits per heavy atom. The Balaban J connectivity index is 2.71. The molecule has 0 aliphatic heterocycles. The third kappa shape index (κ3) is 4.65. The molecule has 4 nitrogen and oxygen atoms in total. The summed E-state index contributed by atoms with van der Waals surface area (Å²) in [4.78, 5) is 0. The Bertz CT molecular complexity index is 417. The van der Waals surface area contributed by atoms with Gasteiger partial charge in [-0.15, -0.1) is 0 Å². The van der Waals surface area contributed by atoms with Gasteiger partial charge in [-0.1, -0.05) is 0 Å². The first-order valence-electron chi connectivity index (χ1n) is 5.86. The largest absolute Gasteiger partial charge is 0.383 e. The molecule has 0 radical (unpaired) electrons. The molecule has 1 atom stereocenters. The van der Waals surface area contributed by atoms with Gasteiger partial charge in [0.25, 0.3) is 0 Å². The van der Waals surface area contributed by atoms with Crippen LogP contribution >= 0.6 is 15.9 Å². The van der Waals surface area contributed by atoms with Crippen molar-refractivity contribution >= 4 is 21.6 Å². The number of methoxy groups -OCH3 is 1. The number of hydrogen-bond donors (Lipinski definition) is 2. The molecule has 3 N–H and O–H groups in total. The van der Waals surface area contributed by atoms with Crippen LogP contribution in [0, 0.1) is 11.3 Å². The number of anilines is 1. The monoisotopic (exact) mass is 311 g/mol. The average Bonchev–Trinajstić information content (AvgIpc) is 2.38. The normalized spacial score (nSPS) is 11.9. The molecule has 0 aliphatic carbocycles. The zero-order valence-electron chi connectivity index (χ0n) is 10.4. The predicted molar refractivity (Wildman–Crippen MR) is 76.4 cm³/mol. The highest BCUT2D eigenvalue weighted by atomic mass is 79.9. The number of nitrogens with zero attached hydrogens (tertiary/aromatic N) is 1. The summed E-state index contributed by atoms with van der Waals surface area (Å²) in [7, 11) is 1.69. The molecule has 1 aromatic carbocycles. The average molecular weight is 312 g/mol. The molecule has 0 saturated carbocycles. The Morgan fingerprint density at radius 2 is 2.33 bits per heavy atom. The Morgan fingerprint density at radius 1 is 1.56 bits per heavy atom. The quantitative estimate of drug-likeness (QED) is 0.811. The van der Waals surface area contributed by atoms with Gasteiger partial charge in [0.15, 0.2) is 0 Å². The Labute approximate surface area is 116 Å². The minimum absolute atomic E-state index is 0.225. The Kier molecular flexibility index (Phi) is 6.73. The topological polar surface area (TPSA) is 71.1 Å². The first-order valence-corrected chi connectivity index (χ1v) is 6.65. The molecule has 0 aliphatic rings. The molecule has 98 valence electrons. The van der Waals surface area contributed by atoms with Gasteiger partial charge >= 0.3 is 0 Å². The van der Waals surface area contributed by atoms with Crippen LogP contribution in [0.15, 0.2) is 22.7 Å². The SMILES string of the molecule is COCC(CCCN)Nc1ccc(C#N)cc1Br. The molecule has 1 aromatic rings. The van der Waals surface area contributed by atoms with Crippen LogP contribution < -0.4 is 11.1 Å². The fourth-order valence-corrected chi connectivity index (χ4v) is 2.18. The highest BCUT2D eigenvalue weighted by Crippen LogP contribution is 2.24. The fourth-order valence-electron chi connectivity index (χ4n) is 1.68. The summed E-state index contributed by atoms with van der Waals surface area (Å²) in [5, 5.41) is 12.2. The van der Waals surface area contributed by atoms with Crippen molar-refractivity contribution in [1.82, 2.24) is 0 Å². The van der Waals surface area contributed by atoms with Crippen molar-refractivity contribution < 1.29 is 4.74 Å². The first-order chi connectivity index (χ1) is 8.71. The number of nitrogens with one attached hydrogen (secondary N) is 1. The molecular formula is C13H18BrN3O. The second-order valence-corrected chi connectivity index (χ2v) is 4.89. The summed E-state index contributed by atoms with van der Waals surface area (Å²) in [6, 6.07) is 7.82. The van der Waals surface area contributed by atoms with E-state index in [4.69, 9.17) is 15.7 Å². The summed E-state index contributed by atoms with van der Waals surface area (Å²) in [6.45, 7) is 1.31. The van der Waals surface area contributed by atoms with E-state index >= 15 is 0 Å². The van der Waals surface area contributed by atoms with Gasteiger partial charge in [0.2, 0.25) is 0 Å². The highest BCUT2D eigenvalue weighted by molar-refractivity contribution is 9.10. The van der Waals surface area contributed by atoms with Crippen LogP contribution in [-0.2, 0) is 4.74 Å². The van der Waals surface area contributed by atoms with E-state index in [1.165, 1.54) is 0 Å². The molecule has 0 fully saturated rings. The summed E-state index contributed by atoms with van der Waals surface area (Å²) in [5.41, 5.74) is 7.12. The van der Waals surface area contributed by atoms with Crippen molar-refractivity contribution in [2.24, 2.45) is 5.73 Å². The summed E-state index contributed by atoms with van der Waals surface area (Å²) >= 11 is 3.46. The zero-order chi connectivity index (χ0) is 13.4. The van der Waals surface area contributed by atoms with E-state index in [2.05, 4.69) is 27.3 Å². The maximum atomic E-state index is 8.81. The van der Waals surface area contributed by atoms with E-state index in [1.807, 2.05) is 6.07 Å².